The second-order valence-electron chi connectivity index (χ2n) is 3.68. The summed E-state index contributed by atoms with van der Waals surface area (Å²) in [5, 5.41) is 2.51. The summed E-state index contributed by atoms with van der Waals surface area (Å²) in [6.45, 7) is 1.99. The summed E-state index contributed by atoms with van der Waals surface area (Å²) in [7, 11) is 0. The molecule has 104 valence electrons. The number of alkyl halides is 1. The Labute approximate surface area is 125 Å². The Morgan fingerprint density at radius 3 is 2.53 bits per heavy atom. The minimum atomic E-state index is -0.738. The van der Waals surface area contributed by atoms with Crippen molar-refractivity contribution >= 4 is 34.7 Å². The second-order valence-corrected chi connectivity index (χ2v) is 4.30. The maximum Gasteiger partial charge on any atom is 0.408 e. The maximum atomic E-state index is 11.8. The first-order chi connectivity index (χ1) is 9.17. The molecule has 0 spiro atoms. The van der Waals surface area contributed by atoms with Crippen molar-refractivity contribution in [2.45, 2.75) is 19.4 Å². The number of halogens is 1. The Morgan fingerprint density at radius 1 is 1.26 bits per heavy atom. The van der Waals surface area contributed by atoms with Crippen LogP contribution in [0.5, 0.6) is 0 Å². The van der Waals surface area contributed by atoms with Crippen molar-refractivity contribution < 1.29 is 19.1 Å². The van der Waals surface area contributed by atoms with Gasteiger partial charge in [-0.3, -0.25) is 0 Å². The van der Waals surface area contributed by atoms with Crippen molar-refractivity contribution in [3.63, 3.8) is 0 Å². The van der Waals surface area contributed by atoms with Crippen LogP contribution in [0.1, 0.15) is 12.5 Å². The molecular weight excluding hydrogens is 361 g/mol. The Balaban J connectivity index is 2.69. The minimum Gasteiger partial charge on any atom is -0.464 e. The number of hydrogen-bond donors (Lipinski definition) is 1. The van der Waals surface area contributed by atoms with Crippen LogP contribution in [0.25, 0.3) is 0 Å². The Morgan fingerprint density at radius 2 is 1.95 bits per heavy atom. The van der Waals surface area contributed by atoms with Gasteiger partial charge in [0.25, 0.3) is 0 Å². The van der Waals surface area contributed by atoms with E-state index in [1.54, 1.807) is 6.92 Å². The van der Waals surface area contributed by atoms with E-state index in [0.717, 1.165) is 5.56 Å². The summed E-state index contributed by atoms with van der Waals surface area (Å²) < 4.78 is 9.94. The van der Waals surface area contributed by atoms with Gasteiger partial charge in [0, 0.05) is 6.42 Å². The minimum absolute atomic E-state index is 0.227. The molecule has 0 saturated heterocycles. The van der Waals surface area contributed by atoms with E-state index in [4.69, 9.17) is 9.47 Å². The van der Waals surface area contributed by atoms with Gasteiger partial charge in [-0.05, 0) is 35.1 Å². The van der Waals surface area contributed by atoms with Gasteiger partial charge in [-0.25, -0.2) is 9.59 Å². The second kappa shape index (κ2) is 8.73. The van der Waals surface area contributed by atoms with Crippen LogP contribution in [0.4, 0.5) is 4.79 Å². The predicted octanol–water partition coefficient (Wildman–Crippen LogP) is 2.28. The van der Waals surface area contributed by atoms with E-state index < -0.39 is 18.1 Å². The van der Waals surface area contributed by atoms with Gasteiger partial charge in [-0.1, -0.05) is 30.3 Å². The monoisotopic (exact) mass is 377 g/mol. The molecular formula is C13H16INO4. The lowest BCUT2D eigenvalue weighted by atomic mass is 10.1. The van der Waals surface area contributed by atoms with Crippen LogP contribution in [-0.2, 0) is 20.7 Å². The highest BCUT2D eigenvalue weighted by molar-refractivity contribution is 14.1. The molecule has 0 radical (unpaired) electrons. The first kappa shape index (κ1) is 15.7. The molecule has 0 aliphatic carbocycles. The lowest BCUT2D eigenvalue weighted by Crippen LogP contribution is -2.43. The highest BCUT2D eigenvalue weighted by atomic mass is 127. The summed E-state index contributed by atoms with van der Waals surface area (Å²) in [6.07, 6.45) is -0.251. The fourth-order valence-electron chi connectivity index (χ4n) is 1.52. The Kier molecular flexibility index (Phi) is 7.24. The molecule has 1 aromatic rings. The van der Waals surface area contributed by atoms with E-state index in [-0.39, 0.29) is 11.2 Å². The van der Waals surface area contributed by atoms with Crippen molar-refractivity contribution in [3.05, 3.63) is 35.9 Å². The summed E-state index contributed by atoms with van der Waals surface area (Å²) in [5.41, 5.74) is 0.940. The summed E-state index contributed by atoms with van der Waals surface area (Å²) >= 11 is 1.91. The molecule has 0 fully saturated rings. The Bertz CT molecular complexity index is 410. The predicted molar refractivity (Wildman–Crippen MR) is 79.1 cm³/mol. The van der Waals surface area contributed by atoms with Crippen LogP contribution in [-0.4, -0.2) is 29.3 Å². The summed E-state index contributed by atoms with van der Waals surface area (Å²) in [6, 6.07) is 8.68. The average molecular weight is 377 g/mol. The van der Waals surface area contributed by atoms with Gasteiger partial charge in [0.05, 0.1) is 6.61 Å². The van der Waals surface area contributed by atoms with Gasteiger partial charge in [0.15, 0.2) is 0 Å². The Hall–Kier alpha value is -1.31. The lowest BCUT2D eigenvalue weighted by Gasteiger charge is -2.16. The molecule has 0 aliphatic heterocycles. The van der Waals surface area contributed by atoms with Crippen LogP contribution in [0.2, 0.25) is 0 Å². The van der Waals surface area contributed by atoms with Gasteiger partial charge in [-0.2, -0.15) is 0 Å². The number of nitrogens with one attached hydrogen (secondary N) is 1. The molecule has 1 aromatic carbocycles. The number of carbonyl (C=O) groups excluding carboxylic acids is 2. The third-order valence-electron chi connectivity index (χ3n) is 2.33. The van der Waals surface area contributed by atoms with Gasteiger partial charge < -0.3 is 14.8 Å². The zero-order valence-electron chi connectivity index (χ0n) is 10.6. The van der Waals surface area contributed by atoms with E-state index in [1.165, 1.54) is 0 Å². The van der Waals surface area contributed by atoms with Gasteiger partial charge in [0.1, 0.15) is 10.7 Å². The van der Waals surface area contributed by atoms with E-state index in [9.17, 15) is 9.59 Å². The number of carbonyl (C=O) groups is 2. The highest BCUT2D eigenvalue weighted by Crippen LogP contribution is 2.05. The molecule has 19 heavy (non-hydrogen) atoms. The fourth-order valence-corrected chi connectivity index (χ4v) is 1.80. The van der Waals surface area contributed by atoms with Crippen molar-refractivity contribution in [1.82, 2.24) is 5.32 Å². The lowest BCUT2D eigenvalue weighted by molar-refractivity contribution is -0.145. The number of amides is 1. The van der Waals surface area contributed by atoms with Gasteiger partial charge in [0.2, 0.25) is 0 Å². The van der Waals surface area contributed by atoms with Crippen molar-refractivity contribution in [2.24, 2.45) is 0 Å². The van der Waals surface area contributed by atoms with E-state index in [0.29, 0.717) is 6.42 Å². The van der Waals surface area contributed by atoms with Crippen molar-refractivity contribution in [2.75, 3.05) is 11.2 Å². The van der Waals surface area contributed by atoms with Crippen molar-refractivity contribution in [1.29, 1.82) is 0 Å². The zero-order valence-corrected chi connectivity index (χ0v) is 12.8. The van der Waals surface area contributed by atoms with Crippen molar-refractivity contribution in [3.8, 4) is 0 Å². The molecule has 0 aromatic heterocycles. The number of alkyl carbamates (subject to hydrolysis) is 1. The third kappa shape index (κ3) is 5.91. The molecule has 5 nitrogen and oxygen atoms in total. The number of rotatable bonds is 6. The van der Waals surface area contributed by atoms with Crippen LogP contribution in [0.15, 0.2) is 30.3 Å². The maximum absolute atomic E-state index is 11.8. The fraction of sp³-hybridized carbons (Fsp3) is 0.385. The zero-order chi connectivity index (χ0) is 14.1. The third-order valence-corrected chi connectivity index (χ3v) is 2.64. The SMILES string of the molecule is CCOC(=O)[C@H](Cc1ccccc1)NC(=O)OCI. The molecule has 1 atom stereocenters. The standard InChI is InChI=1S/C13H16INO4/c1-2-18-12(16)11(15-13(17)19-9-14)8-10-6-4-3-5-7-10/h3-7,11H,2,8-9H2,1H3,(H,15,17)/t11-/m0/s1. The van der Waals surface area contributed by atoms with Crippen LogP contribution < -0.4 is 5.32 Å². The molecule has 0 saturated carbocycles. The quantitative estimate of drug-likeness (QED) is 0.470. The topological polar surface area (TPSA) is 64.6 Å². The van der Waals surface area contributed by atoms with Crippen LogP contribution in [0, 0.1) is 0 Å². The van der Waals surface area contributed by atoms with Crippen LogP contribution >= 0.6 is 22.6 Å². The molecule has 1 amide bonds. The van der Waals surface area contributed by atoms with Gasteiger partial charge in [-0.15, -0.1) is 0 Å². The van der Waals surface area contributed by atoms with E-state index in [1.807, 2.05) is 52.9 Å². The number of hydrogen-bond acceptors (Lipinski definition) is 4. The largest absolute Gasteiger partial charge is 0.464 e. The normalized spacial score (nSPS) is 11.5. The number of esters is 1. The first-order valence-corrected chi connectivity index (χ1v) is 7.39. The molecule has 1 rings (SSSR count). The summed E-state index contributed by atoms with van der Waals surface area (Å²) in [5.74, 6) is -0.461. The van der Waals surface area contributed by atoms with Gasteiger partial charge >= 0.3 is 12.1 Å². The highest BCUT2D eigenvalue weighted by Gasteiger charge is 2.22. The summed E-state index contributed by atoms with van der Waals surface area (Å²) in [4.78, 5) is 23.2. The van der Waals surface area contributed by atoms with E-state index in [2.05, 4.69) is 5.32 Å². The average Bonchev–Trinajstić information content (AvgIpc) is 2.40. The smallest absolute Gasteiger partial charge is 0.408 e. The molecule has 6 heteroatoms. The van der Waals surface area contributed by atoms with Crippen LogP contribution in [0.3, 0.4) is 0 Å². The van der Waals surface area contributed by atoms with E-state index >= 15 is 0 Å². The first-order valence-electron chi connectivity index (χ1n) is 5.87. The molecule has 1 N–H and O–H groups in total. The molecule has 0 aliphatic rings. The number of benzene rings is 1. The number of ether oxygens (including phenoxy) is 2. The molecule has 0 unspecified atom stereocenters. The molecule has 0 heterocycles. The molecule has 0 bridgehead atoms.